The maximum absolute atomic E-state index is 15.7. The molecule has 2 atom stereocenters. The van der Waals surface area contributed by atoms with Crippen LogP contribution in [-0.4, -0.2) is 12.6 Å². The van der Waals surface area contributed by atoms with Gasteiger partial charge >= 0.3 is 12.6 Å². The Morgan fingerprint density at radius 2 is 0.524 bits per heavy atom. The molecule has 0 aliphatic heterocycles. The summed E-state index contributed by atoms with van der Waals surface area (Å²) in [7, 11) is 0. The summed E-state index contributed by atoms with van der Waals surface area (Å²) in [6.07, 6.45) is -6.63. The lowest BCUT2D eigenvalue weighted by Crippen LogP contribution is -2.63. The van der Waals surface area contributed by atoms with Crippen molar-refractivity contribution in [2.75, 3.05) is 0 Å². The van der Waals surface area contributed by atoms with Gasteiger partial charge in [-0.25, -0.2) is 87.8 Å². The summed E-state index contributed by atoms with van der Waals surface area (Å²) < 4.78 is 308. The van der Waals surface area contributed by atoms with Crippen LogP contribution >= 0.6 is 0 Å². The molecule has 2 aliphatic rings. The molecule has 0 saturated heterocycles. The highest BCUT2D eigenvalue weighted by Gasteiger charge is 2.60. The first-order valence-electron chi connectivity index (χ1n) is 24.9. The van der Waals surface area contributed by atoms with E-state index >= 15 is 35.1 Å². The minimum Gasteiger partial charge on any atom is -0.333 e. The van der Waals surface area contributed by atoms with Gasteiger partial charge in [-0.05, 0) is 97.5 Å². The zero-order valence-corrected chi connectivity index (χ0v) is 44.7. The van der Waals surface area contributed by atoms with Crippen LogP contribution in [0.25, 0.3) is 20.5 Å². The maximum atomic E-state index is 15.7. The van der Waals surface area contributed by atoms with Gasteiger partial charge in [0.15, 0.2) is 69.8 Å². The van der Waals surface area contributed by atoms with Crippen LogP contribution < -0.4 is 21.9 Å². The summed E-state index contributed by atoms with van der Waals surface area (Å²) in [4.78, 5) is 0. The topological polar surface area (TPSA) is 8.72 Å². The number of allylic oxidation sites excluding steroid dienone is 2. The van der Waals surface area contributed by atoms with Gasteiger partial charge in [0.1, 0.15) is 46.5 Å². The molecule has 6 aromatic carbocycles. The normalized spacial score (nSPS) is 15.1. The van der Waals surface area contributed by atoms with Crippen molar-refractivity contribution in [2.24, 2.45) is 22.7 Å². The molecule has 0 bridgehead atoms. The first-order valence-corrected chi connectivity index (χ1v) is 24.9. The molecule has 0 N–H and O–H groups in total. The molecular weight excluding hydrogens is 1130 g/mol. The van der Waals surface area contributed by atoms with Crippen molar-refractivity contribution < 1.29 is 87.8 Å². The molecule has 0 heterocycles. The van der Waals surface area contributed by atoms with E-state index in [0.717, 1.165) is 0 Å². The highest BCUT2D eigenvalue weighted by atomic mass is 19.2. The molecule has 0 fully saturated rings. The Kier molecular flexibility index (Phi) is 16.7. The predicted molar refractivity (Wildman–Crippen MR) is 272 cm³/mol. The minimum absolute atomic E-state index is 0.0125. The van der Waals surface area contributed by atoms with Crippen LogP contribution in [0.15, 0.2) is 60.7 Å². The standard InChI is InChI=1S/2C29H22BF10N/c2*1-12(2)15-10-16(14-9-7-6-8-13(14)15)30(41-11-29(3,4)5,17-19(31)23(35)27(39)24(36)20(17)32)18-21(33)25(37)28(40)26(38)22(18)34/h2*6-10,12,15H,1-5H3/t2*15-/m10/s1. The van der Waals surface area contributed by atoms with Crippen molar-refractivity contribution in [3.8, 4) is 12.1 Å². The number of halogens is 20. The van der Waals surface area contributed by atoms with Crippen LogP contribution in [0.5, 0.6) is 0 Å². The number of hydrogen-bond acceptors (Lipinski definition) is 0. The molecule has 8 rings (SSSR count). The summed E-state index contributed by atoms with van der Waals surface area (Å²) in [5.41, 5.74) is -10.0. The summed E-state index contributed by atoms with van der Waals surface area (Å²) in [5, 5.41) is 0. The summed E-state index contributed by atoms with van der Waals surface area (Å²) in [6.45, 7) is 15.5. The van der Waals surface area contributed by atoms with E-state index in [1.165, 1.54) is 78.0 Å². The molecule has 82 heavy (non-hydrogen) atoms. The van der Waals surface area contributed by atoms with E-state index in [2.05, 4.69) is 21.7 Å². The fourth-order valence-corrected chi connectivity index (χ4v) is 10.5. The zero-order chi connectivity index (χ0) is 61.5. The Hall–Kier alpha value is -7.49. The predicted octanol–water partition coefficient (Wildman–Crippen LogP) is 15.8. The molecule has 0 aromatic heterocycles. The van der Waals surface area contributed by atoms with Gasteiger partial charge in [-0.1, -0.05) is 76.2 Å². The molecule has 432 valence electrons. The van der Waals surface area contributed by atoms with Gasteiger partial charge in [0, 0.05) is 11.8 Å². The van der Waals surface area contributed by atoms with Crippen molar-refractivity contribution in [3.05, 3.63) is 209 Å². The quantitative estimate of drug-likeness (QED) is 0.0622. The van der Waals surface area contributed by atoms with Crippen LogP contribution in [0.4, 0.5) is 87.8 Å². The third kappa shape index (κ3) is 10.0. The monoisotopic (exact) mass is 1170 g/mol. The Balaban J connectivity index is 0.000000236. The Bertz CT molecular complexity index is 3350. The van der Waals surface area contributed by atoms with Gasteiger partial charge in [-0.15, -0.1) is 23.1 Å². The second-order valence-corrected chi connectivity index (χ2v) is 22.5. The number of benzene rings is 6. The molecule has 0 unspecified atom stereocenters. The highest BCUT2D eigenvalue weighted by Crippen LogP contribution is 2.48. The summed E-state index contributed by atoms with van der Waals surface area (Å²) >= 11 is 0. The number of rotatable bonds is 8. The van der Waals surface area contributed by atoms with Crippen molar-refractivity contribution in [3.63, 3.8) is 0 Å². The molecule has 2 nitrogen and oxygen atoms in total. The average Bonchev–Trinajstić information content (AvgIpc) is 2.36. The Morgan fingerprint density at radius 1 is 0.329 bits per heavy atom. The van der Waals surface area contributed by atoms with Crippen molar-refractivity contribution in [1.82, 2.24) is 0 Å². The second kappa shape index (κ2) is 22.0. The van der Waals surface area contributed by atoms with E-state index in [0.29, 0.717) is 11.1 Å². The van der Waals surface area contributed by atoms with Crippen LogP contribution in [0.3, 0.4) is 0 Å². The van der Waals surface area contributed by atoms with E-state index < -0.39 is 184 Å². The van der Waals surface area contributed by atoms with Crippen molar-refractivity contribution >= 4 is 45.4 Å². The molecule has 0 radical (unpaired) electrons. The lowest BCUT2D eigenvalue weighted by atomic mass is 9.23. The van der Waals surface area contributed by atoms with E-state index in [-0.39, 0.29) is 23.0 Å². The average molecular weight is 1170 g/mol. The number of nitrogens with zero attached hydrogens (tertiary/aromatic N) is 2. The van der Waals surface area contributed by atoms with Crippen LogP contribution in [0.1, 0.15) is 103 Å². The van der Waals surface area contributed by atoms with E-state index in [1.54, 1.807) is 52.0 Å². The Morgan fingerprint density at radius 3 is 0.720 bits per heavy atom. The molecule has 6 aromatic rings. The molecule has 0 saturated carbocycles. The smallest absolute Gasteiger partial charge is 0.333 e. The molecule has 24 heteroatoms. The molecule has 0 spiro atoms. The fraction of sp³-hybridized carbons (Fsp3) is 0.276. The number of hydrogen-bond donors (Lipinski definition) is 0. The van der Waals surface area contributed by atoms with Gasteiger partial charge in [-0.3, -0.25) is 0 Å². The summed E-state index contributed by atoms with van der Waals surface area (Å²) in [6, 6.07) is 16.6. The molecular formula is C58H44B2F20N2. The van der Waals surface area contributed by atoms with Gasteiger partial charge < -0.3 is 9.51 Å². The van der Waals surface area contributed by atoms with Gasteiger partial charge in [0.05, 0.1) is 10.8 Å². The lowest BCUT2D eigenvalue weighted by molar-refractivity contribution is 0.382. The zero-order valence-electron chi connectivity index (χ0n) is 44.7. The third-order valence-corrected chi connectivity index (χ3v) is 14.2. The van der Waals surface area contributed by atoms with E-state index in [4.69, 9.17) is 0 Å². The van der Waals surface area contributed by atoms with Crippen LogP contribution in [0, 0.1) is 151 Å². The highest BCUT2D eigenvalue weighted by molar-refractivity contribution is 7.18. The van der Waals surface area contributed by atoms with Gasteiger partial charge in [0.25, 0.3) is 0 Å². The Labute approximate surface area is 456 Å². The third-order valence-electron chi connectivity index (χ3n) is 14.2. The van der Waals surface area contributed by atoms with Gasteiger partial charge in [0.2, 0.25) is 12.1 Å². The van der Waals surface area contributed by atoms with E-state index in [9.17, 15) is 52.7 Å². The largest absolute Gasteiger partial charge is 0.490 e. The molecule has 0 amide bonds. The van der Waals surface area contributed by atoms with E-state index in [1.807, 2.05) is 0 Å². The fourth-order valence-electron chi connectivity index (χ4n) is 10.5. The van der Waals surface area contributed by atoms with Crippen molar-refractivity contribution in [1.29, 1.82) is 0 Å². The van der Waals surface area contributed by atoms with Crippen LogP contribution in [-0.2, 0) is 0 Å². The van der Waals surface area contributed by atoms with Gasteiger partial charge in [-0.2, -0.15) is 0 Å². The SMILES string of the molecule is CC(C)[C@@H]1C=C([B-]([N+]#CC(C)(C)C)(c2c(F)c(F)c(F)c(F)c2F)c2c(F)c(F)c(F)c(F)c2F)c2ccccc21.CC(C)[C@H]1C=C([B-]([N+]#CC(C)(C)C)(c2c(F)c(F)c(F)c(F)c2F)c2c(F)c(F)c(F)c(F)c2F)c2ccccc21. The maximum Gasteiger partial charge on any atom is 0.490 e. The lowest BCUT2D eigenvalue weighted by Gasteiger charge is -2.30. The number of fused-ring (bicyclic) bond motifs is 2. The first kappa shape index (κ1) is 62.1. The summed E-state index contributed by atoms with van der Waals surface area (Å²) in [5.74, 6) is -52.6. The first-order chi connectivity index (χ1) is 37.9. The van der Waals surface area contributed by atoms with Crippen LogP contribution in [0.2, 0.25) is 0 Å². The minimum atomic E-state index is -4.56. The second-order valence-electron chi connectivity index (χ2n) is 22.5. The van der Waals surface area contributed by atoms with Crippen molar-refractivity contribution in [2.45, 2.75) is 81.1 Å². The molecule has 2 aliphatic carbocycles.